The number of halogens is 4. The second-order valence-electron chi connectivity index (χ2n) is 6.08. The fourth-order valence-corrected chi connectivity index (χ4v) is 2.58. The minimum Gasteiger partial charge on any atom is -0.496 e. The highest BCUT2D eigenvalue weighted by Crippen LogP contribution is 2.23. The molecule has 0 aliphatic rings. The summed E-state index contributed by atoms with van der Waals surface area (Å²) in [7, 11) is 1.31. The highest BCUT2D eigenvalue weighted by molar-refractivity contribution is 6.10. The smallest absolute Gasteiger partial charge is 0.259 e. The number of ether oxygens (including phenoxy) is 1. The molecule has 0 saturated carbocycles. The Kier molecular flexibility index (Phi) is 6.01. The van der Waals surface area contributed by atoms with Gasteiger partial charge in [-0.1, -0.05) is 0 Å². The molecule has 154 valence electrons. The lowest BCUT2D eigenvalue weighted by atomic mass is 10.1. The Hall–Kier alpha value is -3.88. The van der Waals surface area contributed by atoms with Crippen molar-refractivity contribution in [3.05, 3.63) is 89.0 Å². The summed E-state index contributed by atoms with van der Waals surface area (Å²) < 4.78 is 57.8. The van der Waals surface area contributed by atoms with E-state index in [0.29, 0.717) is 0 Å². The maximum atomic E-state index is 13.4. The van der Waals surface area contributed by atoms with Crippen molar-refractivity contribution in [3.8, 4) is 5.75 Å². The molecule has 2 N–H and O–H groups in total. The predicted molar refractivity (Wildman–Crippen MR) is 102 cm³/mol. The molecule has 0 heterocycles. The van der Waals surface area contributed by atoms with Gasteiger partial charge in [0.25, 0.3) is 11.8 Å². The summed E-state index contributed by atoms with van der Waals surface area (Å²) in [6.45, 7) is 0. The van der Waals surface area contributed by atoms with Crippen molar-refractivity contribution in [1.82, 2.24) is 0 Å². The zero-order chi connectivity index (χ0) is 21.8. The van der Waals surface area contributed by atoms with Crippen LogP contribution in [0.2, 0.25) is 0 Å². The van der Waals surface area contributed by atoms with Crippen LogP contribution in [0.1, 0.15) is 20.7 Å². The normalized spacial score (nSPS) is 10.4. The van der Waals surface area contributed by atoms with Crippen LogP contribution in [0, 0.1) is 23.3 Å². The number of carbonyl (C=O) groups is 2. The molecule has 9 heteroatoms. The molecule has 3 aromatic rings. The quantitative estimate of drug-likeness (QED) is 0.588. The number of hydrogen-bond acceptors (Lipinski definition) is 3. The van der Waals surface area contributed by atoms with E-state index in [-0.39, 0.29) is 28.3 Å². The zero-order valence-corrected chi connectivity index (χ0v) is 15.4. The van der Waals surface area contributed by atoms with Crippen LogP contribution >= 0.6 is 0 Å². The Morgan fingerprint density at radius 2 is 1.23 bits per heavy atom. The van der Waals surface area contributed by atoms with Gasteiger partial charge in [0.2, 0.25) is 0 Å². The number of amides is 2. The van der Waals surface area contributed by atoms with Crippen molar-refractivity contribution >= 4 is 23.2 Å². The van der Waals surface area contributed by atoms with Crippen LogP contribution < -0.4 is 15.4 Å². The molecule has 0 aliphatic heterocycles. The van der Waals surface area contributed by atoms with E-state index in [1.807, 2.05) is 0 Å². The van der Waals surface area contributed by atoms with Crippen molar-refractivity contribution in [2.24, 2.45) is 0 Å². The van der Waals surface area contributed by atoms with Crippen molar-refractivity contribution in [3.63, 3.8) is 0 Å². The zero-order valence-electron chi connectivity index (χ0n) is 15.4. The first-order valence-electron chi connectivity index (χ1n) is 8.49. The Bertz CT molecular complexity index is 1140. The van der Waals surface area contributed by atoms with Gasteiger partial charge in [-0.2, -0.15) is 0 Å². The topological polar surface area (TPSA) is 67.4 Å². The first-order chi connectivity index (χ1) is 14.3. The standard InChI is InChI=1S/C21H14F4N2O3/c1-30-19-7-2-11(20(28)26-12-3-5-15(22)17(24)9-12)8-14(19)21(29)27-13-4-6-16(23)18(25)10-13/h2-10H,1H3,(H,26,28)(H,27,29). The number of hydrogen-bond donors (Lipinski definition) is 2. The van der Waals surface area contributed by atoms with Gasteiger partial charge in [-0.25, -0.2) is 17.6 Å². The molecular weight excluding hydrogens is 404 g/mol. The maximum absolute atomic E-state index is 13.4. The molecule has 0 spiro atoms. The van der Waals surface area contributed by atoms with Gasteiger partial charge in [-0.3, -0.25) is 9.59 Å². The second kappa shape index (κ2) is 8.64. The molecule has 0 aliphatic carbocycles. The molecule has 0 atom stereocenters. The molecule has 30 heavy (non-hydrogen) atoms. The monoisotopic (exact) mass is 418 g/mol. The third-order valence-electron chi connectivity index (χ3n) is 4.06. The second-order valence-corrected chi connectivity index (χ2v) is 6.08. The first kappa shape index (κ1) is 20.8. The molecular formula is C21H14F4N2O3. The molecule has 2 amide bonds. The highest BCUT2D eigenvalue weighted by Gasteiger charge is 2.17. The van der Waals surface area contributed by atoms with Crippen LogP contribution in [0.4, 0.5) is 28.9 Å². The van der Waals surface area contributed by atoms with Gasteiger partial charge in [-0.05, 0) is 42.5 Å². The third-order valence-corrected chi connectivity index (χ3v) is 4.06. The number of carbonyl (C=O) groups excluding carboxylic acids is 2. The molecule has 0 aromatic heterocycles. The van der Waals surface area contributed by atoms with Crippen LogP contribution in [0.25, 0.3) is 0 Å². The first-order valence-corrected chi connectivity index (χ1v) is 8.49. The van der Waals surface area contributed by atoms with Crippen molar-refractivity contribution < 1.29 is 31.9 Å². The number of anilines is 2. The van der Waals surface area contributed by atoms with Gasteiger partial charge in [0, 0.05) is 29.1 Å². The van der Waals surface area contributed by atoms with Gasteiger partial charge < -0.3 is 15.4 Å². The summed E-state index contributed by atoms with van der Waals surface area (Å²) in [6, 6.07) is 9.62. The lowest BCUT2D eigenvalue weighted by molar-refractivity contribution is 0.102. The van der Waals surface area contributed by atoms with E-state index >= 15 is 0 Å². The molecule has 5 nitrogen and oxygen atoms in total. The van der Waals surface area contributed by atoms with Gasteiger partial charge in [0.05, 0.1) is 12.7 Å². The van der Waals surface area contributed by atoms with Crippen LogP contribution in [-0.4, -0.2) is 18.9 Å². The maximum Gasteiger partial charge on any atom is 0.259 e. The van der Waals surface area contributed by atoms with Crippen LogP contribution in [0.15, 0.2) is 54.6 Å². The summed E-state index contributed by atoms with van der Waals surface area (Å²) in [5.74, 6) is -5.70. The average Bonchev–Trinajstić information content (AvgIpc) is 2.73. The highest BCUT2D eigenvalue weighted by atomic mass is 19.2. The average molecular weight is 418 g/mol. The summed E-state index contributed by atoms with van der Waals surface area (Å²) in [6.07, 6.45) is 0. The third kappa shape index (κ3) is 4.57. The van der Waals surface area contributed by atoms with Crippen molar-refractivity contribution in [2.45, 2.75) is 0 Å². The summed E-state index contributed by atoms with van der Waals surface area (Å²) in [5, 5.41) is 4.77. The Morgan fingerprint density at radius 1 is 0.700 bits per heavy atom. The number of rotatable bonds is 5. The number of benzene rings is 3. The fraction of sp³-hybridized carbons (Fsp3) is 0.0476. The molecule has 0 bridgehead atoms. The van der Waals surface area contributed by atoms with E-state index in [2.05, 4.69) is 10.6 Å². The van der Waals surface area contributed by atoms with E-state index in [9.17, 15) is 27.2 Å². The molecule has 0 fully saturated rings. The van der Waals surface area contributed by atoms with Crippen LogP contribution in [0.5, 0.6) is 5.75 Å². The number of methoxy groups -OCH3 is 1. The van der Waals surface area contributed by atoms with Crippen molar-refractivity contribution in [1.29, 1.82) is 0 Å². The van der Waals surface area contributed by atoms with E-state index in [1.54, 1.807) is 0 Å². The minimum atomic E-state index is -1.14. The van der Waals surface area contributed by atoms with Crippen molar-refractivity contribution in [2.75, 3.05) is 17.7 Å². The Morgan fingerprint density at radius 3 is 1.73 bits per heavy atom. The van der Waals surface area contributed by atoms with E-state index in [4.69, 9.17) is 4.74 Å². The van der Waals surface area contributed by atoms with E-state index in [1.165, 1.54) is 37.4 Å². The van der Waals surface area contributed by atoms with E-state index < -0.39 is 35.1 Å². The Balaban J connectivity index is 1.84. The molecule has 0 unspecified atom stereocenters. The minimum absolute atomic E-state index is 0.00223. The van der Waals surface area contributed by atoms with Gasteiger partial charge in [0.1, 0.15) is 5.75 Å². The lowest BCUT2D eigenvalue weighted by Crippen LogP contribution is -2.17. The summed E-state index contributed by atoms with van der Waals surface area (Å²) >= 11 is 0. The summed E-state index contributed by atoms with van der Waals surface area (Å²) in [5.41, 5.74) is -0.0174. The van der Waals surface area contributed by atoms with Crippen LogP contribution in [-0.2, 0) is 0 Å². The molecule has 0 saturated heterocycles. The molecule has 0 radical (unpaired) electrons. The fourth-order valence-electron chi connectivity index (χ4n) is 2.58. The summed E-state index contributed by atoms with van der Waals surface area (Å²) in [4.78, 5) is 25.0. The predicted octanol–water partition coefficient (Wildman–Crippen LogP) is 4.76. The van der Waals surface area contributed by atoms with Crippen LogP contribution in [0.3, 0.4) is 0 Å². The van der Waals surface area contributed by atoms with E-state index in [0.717, 1.165) is 24.3 Å². The van der Waals surface area contributed by atoms with Gasteiger partial charge >= 0.3 is 0 Å². The Labute approximate surface area is 168 Å². The number of nitrogens with one attached hydrogen (secondary N) is 2. The molecule has 3 aromatic carbocycles. The van der Waals surface area contributed by atoms with Gasteiger partial charge in [0.15, 0.2) is 23.3 Å². The lowest BCUT2D eigenvalue weighted by Gasteiger charge is -2.12. The largest absolute Gasteiger partial charge is 0.496 e. The molecule has 3 rings (SSSR count). The van der Waals surface area contributed by atoms with Gasteiger partial charge in [-0.15, -0.1) is 0 Å². The SMILES string of the molecule is COc1ccc(C(=O)Nc2ccc(F)c(F)c2)cc1C(=O)Nc1ccc(F)c(F)c1.